The van der Waals surface area contributed by atoms with E-state index in [1.807, 2.05) is 19.9 Å². The van der Waals surface area contributed by atoms with Crippen LogP contribution >= 0.6 is 0 Å². The first-order valence-electron chi connectivity index (χ1n) is 8.42. The van der Waals surface area contributed by atoms with Crippen molar-refractivity contribution in [2.24, 2.45) is 0 Å². The summed E-state index contributed by atoms with van der Waals surface area (Å²) in [6.07, 6.45) is 0.745. The van der Waals surface area contributed by atoms with Gasteiger partial charge in [-0.15, -0.1) is 0 Å². The van der Waals surface area contributed by atoms with Crippen LogP contribution in [0, 0.1) is 5.82 Å². The lowest BCUT2D eigenvalue weighted by Gasteiger charge is -2.23. The zero-order valence-electron chi connectivity index (χ0n) is 14.9. The van der Waals surface area contributed by atoms with Gasteiger partial charge in [-0.05, 0) is 43.2 Å². The van der Waals surface area contributed by atoms with E-state index in [4.69, 9.17) is 0 Å². The van der Waals surface area contributed by atoms with Crippen molar-refractivity contribution in [3.05, 3.63) is 66.0 Å². The second-order valence-electron chi connectivity index (χ2n) is 6.09. The minimum Gasteiger partial charge on any atom is -0.353 e. The average molecular weight is 378 g/mol. The third-order valence-corrected chi connectivity index (χ3v) is 5.80. The summed E-state index contributed by atoms with van der Waals surface area (Å²) >= 11 is 0. The number of nitrogens with one attached hydrogen (secondary N) is 1. The SMILES string of the molecule is CC[C@@H](C)NC(=O)CN(Cc1ccccc1)S(=O)(=O)c1ccc(F)cc1. The van der Waals surface area contributed by atoms with Crippen LogP contribution < -0.4 is 5.32 Å². The van der Waals surface area contributed by atoms with E-state index >= 15 is 0 Å². The third-order valence-electron chi connectivity index (χ3n) is 3.99. The summed E-state index contributed by atoms with van der Waals surface area (Å²) in [6, 6.07) is 13.6. The van der Waals surface area contributed by atoms with Gasteiger partial charge in [0.15, 0.2) is 0 Å². The van der Waals surface area contributed by atoms with Gasteiger partial charge >= 0.3 is 0 Å². The van der Waals surface area contributed by atoms with E-state index in [2.05, 4.69) is 5.32 Å². The first-order valence-corrected chi connectivity index (χ1v) is 9.86. The third kappa shape index (κ3) is 5.37. The molecule has 0 bridgehead atoms. The van der Waals surface area contributed by atoms with E-state index in [1.54, 1.807) is 24.3 Å². The molecule has 0 aliphatic carbocycles. The highest BCUT2D eigenvalue weighted by Crippen LogP contribution is 2.19. The van der Waals surface area contributed by atoms with Crippen molar-refractivity contribution in [3.8, 4) is 0 Å². The van der Waals surface area contributed by atoms with Crippen LogP contribution in [0.3, 0.4) is 0 Å². The Kier molecular flexibility index (Phi) is 6.88. The van der Waals surface area contributed by atoms with E-state index in [9.17, 15) is 17.6 Å². The molecule has 0 unspecified atom stereocenters. The highest BCUT2D eigenvalue weighted by Gasteiger charge is 2.27. The maximum absolute atomic E-state index is 13.1. The van der Waals surface area contributed by atoms with Crippen LogP contribution in [0.15, 0.2) is 59.5 Å². The lowest BCUT2D eigenvalue weighted by atomic mass is 10.2. The number of nitrogens with zero attached hydrogens (tertiary/aromatic N) is 1. The predicted molar refractivity (Wildman–Crippen MR) is 98.3 cm³/mol. The molecule has 0 saturated heterocycles. The van der Waals surface area contributed by atoms with Crippen molar-refractivity contribution in [2.75, 3.05) is 6.54 Å². The summed E-state index contributed by atoms with van der Waals surface area (Å²) in [5.41, 5.74) is 0.759. The first-order chi connectivity index (χ1) is 12.3. The molecule has 0 spiro atoms. The summed E-state index contributed by atoms with van der Waals surface area (Å²) in [5, 5.41) is 2.77. The molecule has 1 atom stereocenters. The number of hydrogen-bond acceptors (Lipinski definition) is 3. The Morgan fingerprint density at radius 3 is 2.31 bits per heavy atom. The maximum atomic E-state index is 13.1. The summed E-state index contributed by atoms with van der Waals surface area (Å²) in [7, 11) is -3.95. The average Bonchev–Trinajstić information content (AvgIpc) is 2.62. The van der Waals surface area contributed by atoms with E-state index in [0.717, 1.165) is 28.4 Å². The van der Waals surface area contributed by atoms with Crippen LogP contribution in [0.2, 0.25) is 0 Å². The van der Waals surface area contributed by atoms with Gasteiger partial charge in [0.1, 0.15) is 5.82 Å². The van der Waals surface area contributed by atoms with Crippen LogP contribution in [-0.4, -0.2) is 31.2 Å². The van der Waals surface area contributed by atoms with Crippen LogP contribution in [0.5, 0.6) is 0 Å². The molecule has 2 aromatic carbocycles. The Labute approximate surface area is 153 Å². The molecule has 0 heterocycles. The van der Waals surface area contributed by atoms with Crippen LogP contribution in [0.4, 0.5) is 4.39 Å². The number of halogens is 1. The Bertz CT molecular complexity index is 824. The number of hydrogen-bond donors (Lipinski definition) is 1. The van der Waals surface area contributed by atoms with Crippen molar-refractivity contribution in [3.63, 3.8) is 0 Å². The molecule has 0 saturated carbocycles. The second kappa shape index (κ2) is 8.91. The Balaban J connectivity index is 2.29. The zero-order chi connectivity index (χ0) is 19.2. The van der Waals surface area contributed by atoms with E-state index in [-0.39, 0.29) is 29.9 Å². The minimum atomic E-state index is -3.95. The van der Waals surface area contributed by atoms with Crippen molar-refractivity contribution in [1.29, 1.82) is 0 Å². The molecule has 1 amide bonds. The van der Waals surface area contributed by atoms with Crippen molar-refractivity contribution in [2.45, 2.75) is 37.8 Å². The molecule has 5 nitrogen and oxygen atoms in total. The number of sulfonamides is 1. The smallest absolute Gasteiger partial charge is 0.243 e. The van der Waals surface area contributed by atoms with Gasteiger partial charge in [0.25, 0.3) is 0 Å². The molecule has 2 aromatic rings. The fraction of sp³-hybridized carbons (Fsp3) is 0.316. The summed E-state index contributed by atoms with van der Waals surface area (Å²) < 4.78 is 40.2. The molecule has 1 N–H and O–H groups in total. The molecular formula is C19H23FN2O3S. The number of carbonyl (C=O) groups excluding carboxylic acids is 1. The van der Waals surface area contributed by atoms with Gasteiger partial charge in [0, 0.05) is 12.6 Å². The largest absolute Gasteiger partial charge is 0.353 e. The van der Waals surface area contributed by atoms with E-state index in [1.165, 1.54) is 12.1 Å². The minimum absolute atomic E-state index is 0.0467. The van der Waals surface area contributed by atoms with E-state index in [0.29, 0.717) is 0 Å². The molecule has 0 aromatic heterocycles. The first kappa shape index (κ1) is 20.1. The van der Waals surface area contributed by atoms with Crippen LogP contribution in [0.25, 0.3) is 0 Å². The van der Waals surface area contributed by atoms with Gasteiger partial charge in [-0.3, -0.25) is 4.79 Å². The van der Waals surface area contributed by atoms with Gasteiger partial charge < -0.3 is 5.32 Å². The Hall–Kier alpha value is -2.25. The molecule has 2 rings (SSSR count). The molecule has 7 heteroatoms. The normalized spacial score (nSPS) is 12.8. The summed E-state index contributed by atoms with van der Waals surface area (Å²) in [6.45, 7) is 3.53. The van der Waals surface area contributed by atoms with Crippen LogP contribution in [-0.2, 0) is 21.4 Å². The lowest BCUT2D eigenvalue weighted by Crippen LogP contribution is -2.43. The highest BCUT2D eigenvalue weighted by atomic mass is 32.2. The number of carbonyl (C=O) groups is 1. The maximum Gasteiger partial charge on any atom is 0.243 e. The summed E-state index contributed by atoms with van der Waals surface area (Å²) in [4.78, 5) is 12.2. The van der Waals surface area contributed by atoms with Gasteiger partial charge in [0.05, 0.1) is 11.4 Å². The van der Waals surface area contributed by atoms with Gasteiger partial charge in [-0.1, -0.05) is 37.3 Å². The number of amides is 1. The van der Waals surface area contributed by atoms with Crippen LogP contribution in [0.1, 0.15) is 25.8 Å². The Morgan fingerprint density at radius 2 is 1.73 bits per heavy atom. The quantitative estimate of drug-likeness (QED) is 0.768. The molecule has 0 fully saturated rings. The molecular weight excluding hydrogens is 355 g/mol. The Morgan fingerprint density at radius 1 is 1.12 bits per heavy atom. The van der Waals surface area contributed by atoms with Gasteiger partial charge in [0.2, 0.25) is 15.9 Å². The molecule has 26 heavy (non-hydrogen) atoms. The van der Waals surface area contributed by atoms with Crippen molar-refractivity contribution in [1.82, 2.24) is 9.62 Å². The number of benzene rings is 2. The molecule has 0 radical (unpaired) electrons. The highest BCUT2D eigenvalue weighted by molar-refractivity contribution is 7.89. The monoisotopic (exact) mass is 378 g/mol. The second-order valence-corrected chi connectivity index (χ2v) is 8.03. The fourth-order valence-electron chi connectivity index (χ4n) is 2.35. The topological polar surface area (TPSA) is 66.5 Å². The summed E-state index contributed by atoms with van der Waals surface area (Å²) in [5.74, 6) is -0.894. The van der Waals surface area contributed by atoms with Gasteiger partial charge in [-0.2, -0.15) is 4.31 Å². The van der Waals surface area contributed by atoms with Crippen molar-refractivity contribution >= 4 is 15.9 Å². The molecule has 0 aliphatic heterocycles. The number of rotatable bonds is 8. The van der Waals surface area contributed by atoms with Gasteiger partial charge in [-0.25, -0.2) is 12.8 Å². The standard InChI is InChI=1S/C19H23FN2O3S/c1-3-15(2)21-19(23)14-22(13-16-7-5-4-6-8-16)26(24,25)18-11-9-17(20)10-12-18/h4-12,15H,3,13-14H2,1-2H3,(H,21,23)/t15-/m1/s1. The fourth-order valence-corrected chi connectivity index (χ4v) is 3.74. The van der Waals surface area contributed by atoms with Crippen molar-refractivity contribution < 1.29 is 17.6 Å². The predicted octanol–water partition coefficient (Wildman–Crippen LogP) is 2.93. The molecule has 0 aliphatic rings. The van der Waals surface area contributed by atoms with E-state index < -0.39 is 15.8 Å². The lowest BCUT2D eigenvalue weighted by molar-refractivity contribution is -0.122. The zero-order valence-corrected chi connectivity index (χ0v) is 15.7. The molecule has 140 valence electrons.